The number of hydrogen-bond acceptors (Lipinski definition) is 3. The SMILES string of the molecule is CC1(C)[C@@H](Br)CC[C@]2(C)O[C@@H]([C@@](C)(O)C(=O)CBr)C[C@@H]12. The molecule has 5 heteroatoms. The molecule has 1 saturated carbocycles. The molecule has 0 unspecified atom stereocenters. The molecule has 0 radical (unpaired) electrons. The van der Waals surface area contributed by atoms with Crippen LogP contribution in [0.2, 0.25) is 0 Å². The summed E-state index contributed by atoms with van der Waals surface area (Å²) >= 11 is 6.94. The molecule has 0 spiro atoms. The zero-order valence-electron chi connectivity index (χ0n) is 12.6. The van der Waals surface area contributed by atoms with E-state index in [9.17, 15) is 9.90 Å². The van der Waals surface area contributed by atoms with E-state index < -0.39 is 11.7 Å². The van der Waals surface area contributed by atoms with Gasteiger partial charge in [-0.2, -0.15) is 0 Å². The van der Waals surface area contributed by atoms with Crippen LogP contribution in [-0.2, 0) is 9.53 Å². The van der Waals surface area contributed by atoms with Crippen molar-refractivity contribution in [1.29, 1.82) is 0 Å². The van der Waals surface area contributed by atoms with E-state index in [4.69, 9.17) is 4.74 Å². The van der Waals surface area contributed by atoms with Gasteiger partial charge in [-0.1, -0.05) is 45.7 Å². The predicted octanol–water partition coefficient (Wildman–Crippen LogP) is 3.45. The molecule has 3 nitrogen and oxygen atoms in total. The Morgan fingerprint density at radius 1 is 1.45 bits per heavy atom. The fourth-order valence-corrected chi connectivity index (χ4v) is 5.02. The Labute approximate surface area is 138 Å². The molecule has 2 aliphatic rings. The maximum Gasteiger partial charge on any atom is 0.177 e. The summed E-state index contributed by atoms with van der Waals surface area (Å²) in [6.45, 7) is 8.22. The molecule has 0 aromatic rings. The topological polar surface area (TPSA) is 46.5 Å². The van der Waals surface area contributed by atoms with Crippen LogP contribution < -0.4 is 0 Å². The first-order valence-corrected chi connectivity index (χ1v) is 9.23. The number of rotatable bonds is 3. The van der Waals surface area contributed by atoms with Crippen LogP contribution in [-0.4, -0.2) is 38.4 Å². The van der Waals surface area contributed by atoms with Gasteiger partial charge >= 0.3 is 0 Å². The number of ether oxygens (including phenoxy) is 1. The van der Waals surface area contributed by atoms with Crippen LogP contribution in [0.4, 0.5) is 0 Å². The maximum absolute atomic E-state index is 12.0. The smallest absolute Gasteiger partial charge is 0.177 e. The van der Waals surface area contributed by atoms with Crippen molar-refractivity contribution in [3.63, 3.8) is 0 Å². The summed E-state index contributed by atoms with van der Waals surface area (Å²) in [5.41, 5.74) is -1.56. The molecule has 2 rings (SSSR count). The average molecular weight is 412 g/mol. The second-order valence-electron chi connectivity index (χ2n) is 7.24. The lowest BCUT2D eigenvalue weighted by Crippen LogP contribution is -2.50. The molecular weight excluding hydrogens is 388 g/mol. The lowest BCUT2D eigenvalue weighted by molar-refractivity contribution is -0.162. The average Bonchev–Trinajstić information content (AvgIpc) is 2.74. The van der Waals surface area contributed by atoms with Crippen molar-refractivity contribution in [3.05, 3.63) is 0 Å². The lowest BCUT2D eigenvalue weighted by atomic mass is 9.61. The van der Waals surface area contributed by atoms with Crippen molar-refractivity contribution in [2.24, 2.45) is 11.3 Å². The van der Waals surface area contributed by atoms with Gasteiger partial charge in [0.1, 0.15) is 5.60 Å². The second kappa shape index (κ2) is 5.32. The van der Waals surface area contributed by atoms with Crippen molar-refractivity contribution in [2.45, 2.75) is 69.1 Å². The highest BCUT2D eigenvalue weighted by molar-refractivity contribution is 9.09. The Kier molecular flexibility index (Phi) is 4.50. The number of Topliss-reactive ketones (excluding diaryl/α,β-unsaturated/α-hetero) is 1. The predicted molar refractivity (Wildman–Crippen MR) is 86.5 cm³/mol. The summed E-state index contributed by atoms with van der Waals surface area (Å²) in [4.78, 5) is 12.4. The molecule has 1 aliphatic carbocycles. The fourth-order valence-electron chi connectivity index (χ4n) is 3.91. The molecule has 0 bridgehead atoms. The molecule has 0 aromatic heterocycles. The van der Waals surface area contributed by atoms with Crippen molar-refractivity contribution >= 4 is 37.6 Å². The highest BCUT2D eigenvalue weighted by Crippen LogP contribution is 2.57. The molecule has 20 heavy (non-hydrogen) atoms. The molecular formula is C15H24Br2O3. The summed E-state index contributed by atoms with van der Waals surface area (Å²) in [5.74, 6) is 0.130. The van der Waals surface area contributed by atoms with Crippen LogP contribution >= 0.6 is 31.9 Å². The van der Waals surface area contributed by atoms with Crippen molar-refractivity contribution in [3.8, 4) is 0 Å². The molecule has 1 N–H and O–H groups in total. The molecule has 2 fully saturated rings. The maximum atomic E-state index is 12.0. The Morgan fingerprint density at radius 2 is 2.05 bits per heavy atom. The first-order chi connectivity index (χ1) is 9.05. The molecule has 0 amide bonds. The Morgan fingerprint density at radius 3 is 2.60 bits per heavy atom. The fraction of sp³-hybridized carbons (Fsp3) is 0.933. The van der Waals surface area contributed by atoms with Crippen LogP contribution in [0.25, 0.3) is 0 Å². The van der Waals surface area contributed by atoms with E-state index in [0.717, 1.165) is 19.3 Å². The number of halogens is 2. The van der Waals surface area contributed by atoms with Gasteiger partial charge in [-0.15, -0.1) is 0 Å². The number of carbonyl (C=O) groups excluding carboxylic acids is 1. The standard InChI is InChI=1S/C15H24Br2O3/c1-13(2)9-7-12(15(4,19)11(18)8-16)20-14(9,3)6-5-10(13)17/h9-10,12,19H,5-8H2,1-4H3/t9-,10-,12+,14-,15-/m0/s1. The first-order valence-electron chi connectivity index (χ1n) is 7.19. The number of hydrogen-bond donors (Lipinski definition) is 1. The quantitative estimate of drug-likeness (QED) is 0.723. The van der Waals surface area contributed by atoms with Gasteiger partial charge in [0.05, 0.1) is 17.0 Å². The number of fused-ring (bicyclic) bond motifs is 1. The van der Waals surface area contributed by atoms with E-state index in [1.54, 1.807) is 6.92 Å². The highest BCUT2D eigenvalue weighted by Gasteiger charge is 2.60. The van der Waals surface area contributed by atoms with Gasteiger partial charge in [0.25, 0.3) is 0 Å². The highest BCUT2D eigenvalue weighted by atomic mass is 79.9. The summed E-state index contributed by atoms with van der Waals surface area (Å²) in [6, 6.07) is 0. The van der Waals surface area contributed by atoms with Crippen LogP contribution in [0.15, 0.2) is 0 Å². The van der Waals surface area contributed by atoms with Gasteiger partial charge in [0.15, 0.2) is 5.78 Å². The van der Waals surface area contributed by atoms with E-state index in [1.165, 1.54) is 0 Å². The van der Waals surface area contributed by atoms with Crippen LogP contribution in [0, 0.1) is 11.3 Å². The third-order valence-corrected chi connectivity index (χ3v) is 7.66. The first kappa shape index (κ1) is 16.9. The van der Waals surface area contributed by atoms with Gasteiger partial charge in [-0.05, 0) is 44.4 Å². The van der Waals surface area contributed by atoms with Crippen LogP contribution in [0.1, 0.15) is 47.0 Å². The molecule has 1 aliphatic heterocycles. The third-order valence-electron chi connectivity index (χ3n) is 5.51. The third kappa shape index (κ3) is 2.53. The van der Waals surface area contributed by atoms with E-state index >= 15 is 0 Å². The van der Waals surface area contributed by atoms with Gasteiger partial charge in [-0.3, -0.25) is 4.79 Å². The van der Waals surface area contributed by atoms with E-state index in [-0.39, 0.29) is 22.1 Å². The monoisotopic (exact) mass is 410 g/mol. The zero-order valence-corrected chi connectivity index (χ0v) is 15.8. The molecule has 1 heterocycles. The minimum Gasteiger partial charge on any atom is -0.380 e. The van der Waals surface area contributed by atoms with Crippen molar-refractivity contribution in [2.75, 3.05) is 5.33 Å². The summed E-state index contributed by atoms with van der Waals surface area (Å²) in [7, 11) is 0. The molecule has 5 atom stereocenters. The van der Waals surface area contributed by atoms with E-state index in [2.05, 4.69) is 52.6 Å². The molecule has 0 aromatic carbocycles. The van der Waals surface area contributed by atoms with Gasteiger partial charge in [0.2, 0.25) is 0 Å². The number of alkyl halides is 2. The molecule has 1 saturated heterocycles. The molecule has 116 valence electrons. The lowest BCUT2D eigenvalue weighted by Gasteiger charge is -2.49. The normalized spacial score (nSPS) is 42.9. The van der Waals surface area contributed by atoms with Crippen molar-refractivity contribution < 1.29 is 14.6 Å². The number of aliphatic hydroxyl groups is 1. The summed E-state index contributed by atoms with van der Waals surface area (Å²) in [5, 5.41) is 10.7. The minimum atomic E-state index is -1.41. The Balaban J connectivity index is 2.27. The van der Waals surface area contributed by atoms with Crippen molar-refractivity contribution in [1.82, 2.24) is 0 Å². The Bertz CT molecular complexity index is 408. The van der Waals surface area contributed by atoms with E-state index in [0.29, 0.717) is 10.7 Å². The van der Waals surface area contributed by atoms with E-state index in [1.807, 2.05) is 0 Å². The summed E-state index contributed by atoms with van der Waals surface area (Å²) in [6.07, 6.45) is 2.34. The minimum absolute atomic E-state index is 0.0925. The van der Waals surface area contributed by atoms with Gasteiger partial charge in [-0.25, -0.2) is 0 Å². The largest absolute Gasteiger partial charge is 0.380 e. The van der Waals surface area contributed by atoms with Gasteiger partial charge in [0, 0.05) is 4.83 Å². The van der Waals surface area contributed by atoms with Crippen LogP contribution in [0.5, 0.6) is 0 Å². The van der Waals surface area contributed by atoms with Crippen LogP contribution in [0.3, 0.4) is 0 Å². The summed E-state index contributed by atoms with van der Waals surface area (Å²) < 4.78 is 6.21. The Hall–Kier alpha value is 0.550. The number of ketones is 1. The zero-order chi connectivity index (χ0) is 15.3. The van der Waals surface area contributed by atoms with Gasteiger partial charge < -0.3 is 9.84 Å². The second-order valence-corrected chi connectivity index (χ2v) is 8.91. The number of carbonyl (C=O) groups is 1.